The van der Waals surface area contributed by atoms with Crippen LogP contribution in [0.3, 0.4) is 0 Å². The van der Waals surface area contributed by atoms with Crippen molar-refractivity contribution in [3.05, 3.63) is 48.8 Å². The van der Waals surface area contributed by atoms with Crippen LogP contribution in [0.2, 0.25) is 0 Å². The molecule has 4 rings (SSSR count). The zero-order valence-electron chi connectivity index (χ0n) is 12.7. The molecule has 1 aliphatic heterocycles. The number of hydrogen-bond donors (Lipinski definition) is 0. The van der Waals surface area contributed by atoms with Gasteiger partial charge in [0.25, 0.3) is 11.8 Å². The molecule has 3 aromatic heterocycles. The number of nitrogens with zero attached hydrogens (tertiary/aromatic N) is 5. The van der Waals surface area contributed by atoms with Crippen molar-refractivity contribution in [3.63, 3.8) is 0 Å². The lowest BCUT2D eigenvalue weighted by molar-refractivity contribution is 0.0113. The van der Waals surface area contributed by atoms with E-state index in [9.17, 15) is 13.6 Å². The smallest absolute Gasteiger partial charge is 0.292 e. The second-order valence-corrected chi connectivity index (χ2v) is 5.57. The molecule has 0 spiro atoms. The van der Waals surface area contributed by atoms with E-state index in [1.54, 1.807) is 24.5 Å². The van der Waals surface area contributed by atoms with Gasteiger partial charge in [-0.3, -0.25) is 9.78 Å². The standard InChI is InChI=1S/C15H11F2N5O3/c16-15(17)5-10(22(7-15)14(23)11-6-19-8-24-11)13-20-12(21-25-13)9-1-3-18-4-2-9/h1-4,6,8,10H,5,7H2/t10-/m0/s1. The van der Waals surface area contributed by atoms with Crippen LogP contribution in [0, 0.1) is 0 Å². The molecule has 10 heteroatoms. The summed E-state index contributed by atoms with van der Waals surface area (Å²) in [5.41, 5.74) is 0.628. The van der Waals surface area contributed by atoms with E-state index in [2.05, 4.69) is 20.1 Å². The van der Waals surface area contributed by atoms with E-state index < -0.39 is 30.8 Å². The first-order chi connectivity index (χ1) is 12.0. The van der Waals surface area contributed by atoms with Crippen molar-refractivity contribution in [2.75, 3.05) is 6.54 Å². The molecule has 0 radical (unpaired) electrons. The highest BCUT2D eigenvalue weighted by Gasteiger charge is 2.50. The summed E-state index contributed by atoms with van der Waals surface area (Å²) in [5, 5.41) is 3.80. The van der Waals surface area contributed by atoms with Crippen molar-refractivity contribution in [1.82, 2.24) is 25.0 Å². The fourth-order valence-corrected chi connectivity index (χ4v) is 2.70. The van der Waals surface area contributed by atoms with Crippen LogP contribution in [0.4, 0.5) is 8.78 Å². The molecule has 0 saturated carbocycles. The van der Waals surface area contributed by atoms with Crippen molar-refractivity contribution in [1.29, 1.82) is 0 Å². The molecule has 25 heavy (non-hydrogen) atoms. The first kappa shape index (κ1) is 15.4. The fourth-order valence-electron chi connectivity index (χ4n) is 2.70. The average molecular weight is 347 g/mol. The van der Waals surface area contributed by atoms with E-state index in [0.717, 1.165) is 11.3 Å². The molecule has 128 valence electrons. The summed E-state index contributed by atoms with van der Waals surface area (Å²) in [7, 11) is 0. The van der Waals surface area contributed by atoms with E-state index in [4.69, 9.17) is 8.94 Å². The molecule has 0 N–H and O–H groups in total. The third-order valence-corrected chi connectivity index (χ3v) is 3.84. The van der Waals surface area contributed by atoms with Crippen LogP contribution in [0.5, 0.6) is 0 Å². The normalized spacial score (nSPS) is 19.3. The molecule has 1 aliphatic rings. The Balaban J connectivity index is 1.65. The maximum Gasteiger partial charge on any atom is 0.292 e. The minimum absolute atomic E-state index is 0.0585. The Morgan fingerprint density at radius 1 is 1.28 bits per heavy atom. The molecule has 0 aromatic carbocycles. The molecule has 0 bridgehead atoms. The van der Waals surface area contributed by atoms with Gasteiger partial charge in [-0.05, 0) is 12.1 Å². The number of aromatic nitrogens is 4. The zero-order valence-corrected chi connectivity index (χ0v) is 12.7. The van der Waals surface area contributed by atoms with Gasteiger partial charge in [0.15, 0.2) is 6.39 Å². The van der Waals surface area contributed by atoms with E-state index in [0.29, 0.717) is 5.56 Å². The second kappa shape index (κ2) is 5.72. The number of carbonyl (C=O) groups is 1. The molecule has 1 amide bonds. The summed E-state index contributed by atoms with van der Waals surface area (Å²) in [6.45, 7) is -0.760. The van der Waals surface area contributed by atoms with Gasteiger partial charge in [0.2, 0.25) is 17.5 Å². The summed E-state index contributed by atoms with van der Waals surface area (Å²) < 4.78 is 37.9. The van der Waals surface area contributed by atoms with E-state index in [1.807, 2.05) is 0 Å². The molecule has 1 fully saturated rings. The van der Waals surface area contributed by atoms with Crippen molar-refractivity contribution >= 4 is 5.91 Å². The Hall–Kier alpha value is -3.17. The summed E-state index contributed by atoms with van der Waals surface area (Å²) >= 11 is 0. The number of hydrogen-bond acceptors (Lipinski definition) is 7. The third kappa shape index (κ3) is 2.86. The Morgan fingerprint density at radius 3 is 2.80 bits per heavy atom. The predicted octanol–water partition coefficient (Wildman–Crippen LogP) is 2.34. The van der Waals surface area contributed by atoms with Crippen molar-refractivity contribution in [2.45, 2.75) is 18.4 Å². The number of rotatable bonds is 3. The first-order valence-corrected chi connectivity index (χ1v) is 7.35. The molecule has 1 saturated heterocycles. The van der Waals surface area contributed by atoms with Crippen molar-refractivity contribution < 1.29 is 22.5 Å². The van der Waals surface area contributed by atoms with Gasteiger partial charge in [-0.2, -0.15) is 4.98 Å². The lowest BCUT2D eigenvalue weighted by atomic mass is 10.2. The van der Waals surface area contributed by atoms with Crippen molar-refractivity contribution in [2.24, 2.45) is 0 Å². The molecule has 8 nitrogen and oxygen atoms in total. The van der Waals surface area contributed by atoms with Gasteiger partial charge in [-0.25, -0.2) is 13.8 Å². The molecular weight excluding hydrogens is 336 g/mol. The summed E-state index contributed by atoms with van der Waals surface area (Å²) in [4.78, 5) is 25.1. The topological polar surface area (TPSA) is 98.2 Å². The summed E-state index contributed by atoms with van der Waals surface area (Å²) in [6, 6.07) is 2.28. The number of halogens is 2. The van der Waals surface area contributed by atoms with Crippen LogP contribution in [-0.4, -0.2) is 43.4 Å². The lowest BCUT2D eigenvalue weighted by Gasteiger charge is -2.19. The Bertz CT molecular complexity index is 882. The van der Waals surface area contributed by atoms with Crippen LogP contribution >= 0.6 is 0 Å². The number of likely N-dealkylation sites (tertiary alicyclic amines) is 1. The third-order valence-electron chi connectivity index (χ3n) is 3.84. The highest BCUT2D eigenvalue weighted by molar-refractivity contribution is 5.91. The number of pyridine rings is 1. The quantitative estimate of drug-likeness (QED) is 0.717. The molecule has 0 aliphatic carbocycles. The van der Waals surface area contributed by atoms with Gasteiger partial charge in [0.05, 0.1) is 12.7 Å². The Kier molecular flexibility index (Phi) is 3.52. The van der Waals surface area contributed by atoms with Crippen LogP contribution in [0.1, 0.15) is 28.9 Å². The zero-order chi connectivity index (χ0) is 17.4. The lowest BCUT2D eigenvalue weighted by Crippen LogP contribution is -2.32. The molecule has 0 unspecified atom stereocenters. The highest BCUT2D eigenvalue weighted by Crippen LogP contribution is 2.41. The molecule has 3 aromatic rings. The number of carbonyl (C=O) groups excluding carboxylic acids is 1. The van der Waals surface area contributed by atoms with Crippen LogP contribution < -0.4 is 0 Å². The van der Waals surface area contributed by atoms with E-state index >= 15 is 0 Å². The predicted molar refractivity (Wildman–Crippen MR) is 77.4 cm³/mol. The fraction of sp³-hybridized carbons (Fsp3) is 0.267. The second-order valence-electron chi connectivity index (χ2n) is 5.57. The minimum atomic E-state index is -3.06. The van der Waals surface area contributed by atoms with E-state index in [-0.39, 0.29) is 17.5 Å². The van der Waals surface area contributed by atoms with Crippen LogP contribution in [0.25, 0.3) is 11.4 Å². The van der Waals surface area contributed by atoms with Crippen molar-refractivity contribution in [3.8, 4) is 11.4 Å². The number of amides is 1. The minimum Gasteiger partial charge on any atom is -0.438 e. The molecular formula is C15H11F2N5O3. The van der Waals surface area contributed by atoms with Crippen LogP contribution in [-0.2, 0) is 0 Å². The van der Waals surface area contributed by atoms with Gasteiger partial charge in [0.1, 0.15) is 6.04 Å². The molecule has 1 atom stereocenters. The van der Waals surface area contributed by atoms with Gasteiger partial charge in [-0.15, -0.1) is 0 Å². The Labute approximate surface area is 139 Å². The largest absolute Gasteiger partial charge is 0.438 e. The van der Waals surface area contributed by atoms with Gasteiger partial charge in [0, 0.05) is 24.4 Å². The molecule has 4 heterocycles. The monoisotopic (exact) mass is 347 g/mol. The SMILES string of the molecule is O=C(c1cnco1)N1CC(F)(F)C[C@H]1c1nc(-c2ccncc2)no1. The van der Waals surface area contributed by atoms with Gasteiger partial charge < -0.3 is 13.8 Å². The summed E-state index contributed by atoms with van der Waals surface area (Å²) in [5.74, 6) is -3.72. The van der Waals surface area contributed by atoms with Gasteiger partial charge >= 0.3 is 0 Å². The maximum atomic E-state index is 13.9. The van der Waals surface area contributed by atoms with E-state index in [1.165, 1.54) is 6.20 Å². The highest BCUT2D eigenvalue weighted by atomic mass is 19.3. The maximum absolute atomic E-state index is 13.9. The number of alkyl halides is 2. The number of oxazole rings is 1. The van der Waals surface area contributed by atoms with Gasteiger partial charge in [-0.1, -0.05) is 5.16 Å². The van der Waals surface area contributed by atoms with Crippen LogP contribution in [0.15, 0.2) is 46.1 Å². The summed E-state index contributed by atoms with van der Waals surface area (Å²) in [6.07, 6.45) is 4.73. The first-order valence-electron chi connectivity index (χ1n) is 7.35. The Morgan fingerprint density at radius 2 is 2.08 bits per heavy atom. The average Bonchev–Trinajstić information content (AvgIpc) is 3.34.